The van der Waals surface area contributed by atoms with Gasteiger partial charge in [0, 0.05) is 5.56 Å². The third-order valence-corrected chi connectivity index (χ3v) is 4.48. The second-order valence-corrected chi connectivity index (χ2v) is 10.4. The third kappa shape index (κ3) is 7.83. The number of aromatic nitrogens is 3. The van der Waals surface area contributed by atoms with Crippen molar-refractivity contribution in [1.82, 2.24) is 15.0 Å². The summed E-state index contributed by atoms with van der Waals surface area (Å²) in [4.78, 5) is 33.8. The Morgan fingerprint density at radius 1 is 0.938 bits per heavy atom. The number of carboxylic acids is 1. The number of hydrogen-bond donors (Lipinski definition) is 1. The summed E-state index contributed by atoms with van der Waals surface area (Å²) in [6, 6.07) is 4.61. The van der Waals surface area contributed by atoms with E-state index < -0.39 is 25.9 Å². The van der Waals surface area contributed by atoms with Crippen molar-refractivity contribution in [2.24, 2.45) is 0 Å². The lowest BCUT2D eigenvalue weighted by atomic mass is 10.2. The highest BCUT2D eigenvalue weighted by Gasteiger charge is 2.34. The Morgan fingerprint density at radius 2 is 1.53 bits per heavy atom. The van der Waals surface area contributed by atoms with Crippen molar-refractivity contribution in [3.63, 3.8) is 0 Å². The molecule has 1 heterocycles. The van der Waals surface area contributed by atoms with Gasteiger partial charge >= 0.3 is 11.9 Å². The van der Waals surface area contributed by atoms with Gasteiger partial charge in [0.2, 0.25) is 7.59 Å². The average molecular weight is 568 g/mol. The SMILES string of the molecule is COc1cc(-c2nc(C(Cl)(Cl)Cl)nc(C(Cl)(Cl)Cl)n2)ccc1OCCOC(=O)CC(=O)O. The molecule has 1 aromatic carbocycles. The fourth-order valence-corrected chi connectivity index (χ4v) is 2.67. The number of alkyl halides is 6. The standard InChI is InChI=1S/C17H13Cl6N3O6/c1-30-10-6-8(2-3-9(10)31-4-5-32-12(29)7-11(27)28)13-24-14(16(18,19)20)26-15(25-13)17(21,22)23/h2-3,6H,4-5,7H2,1H3,(H,27,28). The first-order valence-electron chi connectivity index (χ1n) is 8.40. The molecule has 2 rings (SSSR count). The first kappa shape index (κ1) is 26.8. The van der Waals surface area contributed by atoms with Gasteiger partial charge in [0.1, 0.15) is 19.6 Å². The van der Waals surface area contributed by atoms with Crippen LogP contribution in [0.25, 0.3) is 11.4 Å². The van der Waals surface area contributed by atoms with Crippen molar-refractivity contribution in [2.75, 3.05) is 20.3 Å². The highest BCUT2D eigenvalue weighted by molar-refractivity contribution is 6.67. The van der Waals surface area contributed by atoms with Crippen LogP contribution in [0.15, 0.2) is 18.2 Å². The molecule has 0 saturated heterocycles. The second kappa shape index (κ2) is 11.1. The number of carbonyl (C=O) groups excluding carboxylic acids is 1. The molecule has 0 amide bonds. The molecule has 0 fully saturated rings. The summed E-state index contributed by atoms with van der Waals surface area (Å²) in [5.41, 5.74) is 0.399. The van der Waals surface area contributed by atoms with Crippen molar-refractivity contribution < 1.29 is 28.9 Å². The Labute approximate surface area is 211 Å². The van der Waals surface area contributed by atoms with Crippen molar-refractivity contribution >= 4 is 81.5 Å². The Morgan fingerprint density at radius 3 is 2.03 bits per heavy atom. The van der Waals surface area contributed by atoms with Gasteiger partial charge in [-0.3, -0.25) is 9.59 Å². The predicted molar refractivity (Wildman–Crippen MR) is 119 cm³/mol. The van der Waals surface area contributed by atoms with Gasteiger partial charge in [-0.1, -0.05) is 69.6 Å². The van der Waals surface area contributed by atoms with Crippen molar-refractivity contribution in [2.45, 2.75) is 14.0 Å². The Hall–Kier alpha value is -1.49. The third-order valence-electron chi connectivity index (χ3n) is 3.46. The van der Waals surface area contributed by atoms with E-state index >= 15 is 0 Å². The molecule has 0 aliphatic heterocycles. The molecule has 0 aliphatic rings. The Bertz CT molecular complexity index is 963. The number of ether oxygens (including phenoxy) is 3. The predicted octanol–water partition coefficient (Wildman–Crippen LogP) is 4.60. The minimum Gasteiger partial charge on any atom is -0.493 e. The Kier molecular flexibility index (Phi) is 9.27. The zero-order chi connectivity index (χ0) is 24.1. The molecule has 0 unspecified atom stereocenters. The molecule has 15 heteroatoms. The minimum absolute atomic E-state index is 0.0371. The van der Waals surface area contributed by atoms with Crippen molar-refractivity contribution in [3.8, 4) is 22.9 Å². The van der Waals surface area contributed by atoms with Crippen LogP contribution in [0.2, 0.25) is 0 Å². The molecule has 1 aromatic heterocycles. The summed E-state index contributed by atoms with van der Waals surface area (Å²) in [6.07, 6.45) is -0.740. The molecule has 32 heavy (non-hydrogen) atoms. The number of carbonyl (C=O) groups is 2. The number of methoxy groups -OCH3 is 1. The van der Waals surface area contributed by atoms with Gasteiger partial charge in [-0.05, 0) is 18.2 Å². The van der Waals surface area contributed by atoms with Crippen LogP contribution in [-0.4, -0.2) is 52.3 Å². The normalized spacial score (nSPS) is 11.7. The van der Waals surface area contributed by atoms with Crippen molar-refractivity contribution in [1.29, 1.82) is 0 Å². The van der Waals surface area contributed by atoms with E-state index in [1.807, 2.05) is 0 Å². The van der Waals surface area contributed by atoms with Gasteiger partial charge in [-0.15, -0.1) is 0 Å². The van der Waals surface area contributed by atoms with Crippen LogP contribution in [0.1, 0.15) is 18.1 Å². The number of carboxylic acid groups (broad SMARTS) is 1. The van der Waals surface area contributed by atoms with E-state index in [0.717, 1.165) is 0 Å². The number of hydrogen-bond acceptors (Lipinski definition) is 8. The van der Waals surface area contributed by atoms with E-state index in [-0.39, 0.29) is 36.4 Å². The highest BCUT2D eigenvalue weighted by atomic mass is 35.6. The summed E-state index contributed by atoms with van der Waals surface area (Å²) in [5, 5.41) is 8.52. The van der Waals surface area contributed by atoms with E-state index in [1.165, 1.54) is 19.2 Å². The maximum atomic E-state index is 11.2. The summed E-state index contributed by atoms with van der Waals surface area (Å²) in [7, 11) is 1.39. The summed E-state index contributed by atoms with van der Waals surface area (Å²) in [5.74, 6) is -2.08. The molecule has 174 valence electrons. The molecule has 0 aliphatic carbocycles. The second-order valence-electron chi connectivity index (χ2n) is 5.81. The molecule has 9 nitrogen and oxygen atoms in total. The van der Waals surface area contributed by atoms with Crippen LogP contribution in [0.3, 0.4) is 0 Å². The topological polar surface area (TPSA) is 121 Å². The lowest BCUT2D eigenvalue weighted by Crippen LogP contribution is -2.17. The van der Waals surface area contributed by atoms with Gasteiger partial charge < -0.3 is 19.3 Å². The molecular formula is C17H13Cl6N3O6. The lowest BCUT2D eigenvalue weighted by molar-refractivity contribution is -0.151. The first-order chi connectivity index (χ1) is 14.8. The van der Waals surface area contributed by atoms with E-state index in [1.54, 1.807) is 6.07 Å². The highest BCUT2D eigenvalue weighted by Crippen LogP contribution is 2.41. The molecular weight excluding hydrogens is 555 g/mol. The van der Waals surface area contributed by atoms with Crippen LogP contribution in [0, 0.1) is 0 Å². The monoisotopic (exact) mass is 565 g/mol. The smallest absolute Gasteiger partial charge is 0.317 e. The van der Waals surface area contributed by atoms with Gasteiger partial charge in [-0.25, -0.2) is 15.0 Å². The molecule has 0 atom stereocenters. The minimum atomic E-state index is -2.01. The zero-order valence-corrected chi connectivity index (χ0v) is 20.5. The quantitative estimate of drug-likeness (QED) is 0.211. The maximum absolute atomic E-state index is 11.2. The number of aliphatic carboxylic acids is 1. The molecule has 2 aromatic rings. The fourth-order valence-electron chi connectivity index (χ4n) is 2.17. The van der Waals surface area contributed by atoms with E-state index in [9.17, 15) is 9.59 Å². The van der Waals surface area contributed by atoms with Gasteiger partial charge in [0.25, 0.3) is 0 Å². The number of rotatable bonds is 8. The summed E-state index contributed by atoms with van der Waals surface area (Å²) < 4.78 is 11.5. The van der Waals surface area contributed by atoms with E-state index in [2.05, 4.69) is 15.0 Å². The zero-order valence-electron chi connectivity index (χ0n) is 16.0. The van der Waals surface area contributed by atoms with Crippen LogP contribution < -0.4 is 9.47 Å². The lowest BCUT2D eigenvalue weighted by Gasteiger charge is -2.16. The summed E-state index contributed by atoms with van der Waals surface area (Å²) in [6.45, 7) is -0.217. The van der Waals surface area contributed by atoms with Crippen molar-refractivity contribution in [3.05, 3.63) is 29.8 Å². The molecule has 0 radical (unpaired) electrons. The largest absolute Gasteiger partial charge is 0.493 e. The number of halogens is 6. The maximum Gasteiger partial charge on any atom is 0.317 e. The summed E-state index contributed by atoms with van der Waals surface area (Å²) >= 11 is 35.3. The average Bonchev–Trinajstić information content (AvgIpc) is 2.69. The van der Waals surface area contributed by atoms with Gasteiger partial charge in [0.15, 0.2) is 29.0 Å². The van der Waals surface area contributed by atoms with Gasteiger partial charge in [-0.2, -0.15) is 0 Å². The fraction of sp³-hybridized carbons (Fsp3) is 0.353. The van der Waals surface area contributed by atoms with E-state index in [0.29, 0.717) is 11.3 Å². The van der Waals surface area contributed by atoms with E-state index in [4.69, 9.17) is 88.9 Å². The Balaban J connectivity index is 2.25. The van der Waals surface area contributed by atoms with Crippen LogP contribution >= 0.6 is 69.6 Å². The molecule has 0 spiro atoms. The van der Waals surface area contributed by atoms with Gasteiger partial charge in [0.05, 0.1) is 7.11 Å². The van der Waals surface area contributed by atoms with Crippen LogP contribution in [-0.2, 0) is 21.9 Å². The molecule has 0 saturated carbocycles. The number of nitrogens with zero attached hydrogens (tertiary/aromatic N) is 3. The number of esters is 1. The molecule has 1 N–H and O–H groups in total. The molecule has 0 bridgehead atoms. The number of benzene rings is 1. The van der Waals surface area contributed by atoms with Crippen LogP contribution in [0.5, 0.6) is 11.5 Å². The van der Waals surface area contributed by atoms with Crippen LogP contribution in [0.4, 0.5) is 0 Å². The first-order valence-corrected chi connectivity index (χ1v) is 10.7.